The molecule has 2 aromatic carbocycles. The van der Waals surface area contributed by atoms with Crippen LogP contribution >= 0.6 is 0 Å². The lowest BCUT2D eigenvalue weighted by Crippen LogP contribution is -2.40. The summed E-state index contributed by atoms with van der Waals surface area (Å²) in [6.07, 6.45) is -0.393. The highest BCUT2D eigenvalue weighted by molar-refractivity contribution is 6.99. The molecule has 9 heteroatoms. The van der Waals surface area contributed by atoms with Gasteiger partial charge in [0.15, 0.2) is 0 Å². The molecule has 0 aromatic heterocycles. The zero-order valence-electron chi connectivity index (χ0n) is 21.2. The van der Waals surface area contributed by atoms with Gasteiger partial charge in [0, 0.05) is 6.61 Å². The summed E-state index contributed by atoms with van der Waals surface area (Å²) in [5.74, 6) is -1.55. The van der Waals surface area contributed by atoms with E-state index in [1.165, 1.54) is 0 Å². The first kappa shape index (κ1) is 29.9. The molecule has 0 fully saturated rings. The number of hydrogen-bond donors (Lipinski definition) is 0. The van der Waals surface area contributed by atoms with Crippen molar-refractivity contribution < 1.29 is 33.9 Å². The van der Waals surface area contributed by atoms with Crippen molar-refractivity contribution in [3.05, 3.63) is 122 Å². The molecule has 0 aliphatic carbocycles. The number of carbonyl (C=O) groups excluding carboxylic acids is 2. The Morgan fingerprint density at radius 3 is 1.32 bits per heavy atom. The highest BCUT2D eigenvalue weighted by Gasteiger charge is 2.25. The Labute approximate surface area is 220 Å². The SMILES string of the molecule is [CH2]COC[C](OOC(=O)c1ccc([Si](C)(C=C)C=C)cc1)OOC(=O)c1ccc([Si](C)(C=C)C=C)cc1. The van der Waals surface area contributed by atoms with Gasteiger partial charge in [-0.2, -0.15) is 0 Å². The van der Waals surface area contributed by atoms with E-state index in [1.807, 2.05) is 47.1 Å². The van der Waals surface area contributed by atoms with Gasteiger partial charge in [0.1, 0.15) is 22.8 Å². The molecule has 0 saturated carbocycles. The van der Waals surface area contributed by atoms with E-state index < -0.39 is 34.4 Å². The van der Waals surface area contributed by atoms with Crippen LogP contribution in [0, 0.1) is 13.2 Å². The Morgan fingerprint density at radius 2 is 1.03 bits per heavy atom. The van der Waals surface area contributed by atoms with Crippen molar-refractivity contribution in [2.75, 3.05) is 13.2 Å². The number of benzene rings is 2. The monoisotopic (exact) mass is 536 g/mol. The summed E-state index contributed by atoms with van der Waals surface area (Å²) >= 11 is 0. The Bertz CT molecular complexity index is 1010. The predicted molar refractivity (Wildman–Crippen MR) is 149 cm³/mol. The van der Waals surface area contributed by atoms with Gasteiger partial charge in [-0.1, -0.05) is 70.5 Å². The maximum Gasteiger partial charge on any atom is 0.373 e. The molecule has 0 amide bonds. The second kappa shape index (κ2) is 13.8. The normalized spacial score (nSPS) is 11.5. The molecule has 2 rings (SSSR count). The lowest BCUT2D eigenvalue weighted by Gasteiger charge is -2.19. The van der Waals surface area contributed by atoms with Gasteiger partial charge in [0.05, 0.1) is 11.1 Å². The van der Waals surface area contributed by atoms with Crippen LogP contribution in [0.4, 0.5) is 0 Å². The third-order valence-corrected chi connectivity index (χ3v) is 12.5. The van der Waals surface area contributed by atoms with Crippen molar-refractivity contribution in [2.45, 2.75) is 13.1 Å². The van der Waals surface area contributed by atoms with Crippen molar-refractivity contribution >= 4 is 38.5 Å². The molecule has 37 heavy (non-hydrogen) atoms. The van der Waals surface area contributed by atoms with E-state index in [2.05, 4.69) is 46.3 Å². The van der Waals surface area contributed by atoms with Crippen LogP contribution in [0.1, 0.15) is 20.7 Å². The predicted octanol–water partition coefficient (Wildman–Crippen LogP) is 4.38. The summed E-state index contributed by atoms with van der Waals surface area (Å²) in [4.78, 5) is 44.5. The largest absolute Gasteiger partial charge is 0.375 e. The molecule has 0 heterocycles. The molecule has 0 aliphatic rings. The average molecular weight is 537 g/mol. The van der Waals surface area contributed by atoms with Gasteiger partial charge in [-0.3, -0.25) is 9.78 Å². The summed E-state index contributed by atoms with van der Waals surface area (Å²) in [5, 5.41) is 2.07. The number of ether oxygens (including phenoxy) is 1. The van der Waals surface area contributed by atoms with E-state index in [1.54, 1.807) is 24.3 Å². The number of hydrogen-bond acceptors (Lipinski definition) is 7. The zero-order valence-corrected chi connectivity index (χ0v) is 23.2. The maximum atomic E-state index is 12.4. The highest BCUT2D eigenvalue weighted by Crippen LogP contribution is 2.14. The van der Waals surface area contributed by atoms with Gasteiger partial charge in [0.25, 0.3) is 0 Å². The molecule has 0 bridgehead atoms. The lowest BCUT2D eigenvalue weighted by molar-refractivity contribution is -0.368. The fourth-order valence-corrected chi connectivity index (χ4v) is 6.10. The van der Waals surface area contributed by atoms with Crippen LogP contribution in [0.15, 0.2) is 97.6 Å². The summed E-state index contributed by atoms with van der Waals surface area (Å²) in [6, 6.07) is 13.7. The summed E-state index contributed by atoms with van der Waals surface area (Å²) in [5.41, 5.74) is 8.08. The minimum absolute atomic E-state index is 0.0750. The van der Waals surface area contributed by atoms with Crippen LogP contribution in [0.3, 0.4) is 0 Å². The number of carbonyl (C=O) groups is 2. The summed E-state index contributed by atoms with van der Waals surface area (Å²) in [6.45, 7) is 23.0. The minimum Gasteiger partial charge on any atom is -0.375 e. The van der Waals surface area contributed by atoms with E-state index in [0.29, 0.717) is 0 Å². The summed E-state index contributed by atoms with van der Waals surface area (Å²) < 4.78 is 5.12. The Hall–Kier alpha value is -3.35. The van der Waals surface area contributed by atoms with E-state index in [4.69, 9.17) is 24.3 Å². The Kier molecular flexibility index (Phi) is 11.2. The van der Waals surface area contributed by atoms with Crippen molar-refractivity contribution in [2.24, 2.45) is 0 Å². The third kappa shape index (κ3) is 7.82. The molecule has 2 aromatic rings. The van der Waals surface area contributed by atoms with Gasteiger partial charge in [-0.15, -0.1) is 36.1 Å². The second-order valence-electron chi connectivity index (χ2n) is 8.37. The van der Waals surface area contributed by atoms with Gasteiger partial charge in [0.2, 0.25) is 0 Å². The van der Waals surface area contributed by atoms with Crippen molar-refractivity contribution in [3.63, 3.8) is 0 Å². The molecule has 0 unspecified atom stereocenters. The molecule has 0 aliphatic heterocycles. The van der Waals surface area contributed by atoms with Gasteiger partial charge >= 0.3 is 18.2 Å². The van der Waals surface area contributed by atoms with Gasteiger partial charge in [-0.25, -0.2) is 9.59 Å². The first-order chi connectivity index (χ1) is 17.7. The zero-order chi connectivity index (χ0) is 27.5. The molecule has 2 radical (unpaired) electrons. The molecule has 0 saturated heterocycles. The second-order valence-corrected chi connectivity index (χ2v) is 16.3. The summed E-state index contributed by atoms with van der Waals surface area (Å²) in [7, 11) is -4.01. The smallest absolute Gasteiger partial charge is 0.373 e. The van der Waals surface area contributed by atoms with Crippen molar-refractivity contribution in [1.29, 1.82) is 0 Å². The average Bonchev–Trinajstić information content (AvgIpc) is 2.95. The lowest BCUT2D eigenvalue weighted by atomic mass is 10.2. The van der Waals surface area contributed by atoms with Crippen LogP contribution in [-0.4, -0.2) is 41.3 Å². The molecule has 0 N–H and O–H groups in total. The molecular formula is C28H32O7Si2. The Morgan fingerprint density at radius 1 is 0.676 bits per heavy atom. The van der Waals surface area contributed by atoms with E-state index in [-0.39, 0.29) is 24.3 Å². The van der Waals surface area contributed by atoms with Gasteiger partial charge < -0.3 is 4.74 Å². The Balaban J connectivity index is 1.99. The fourth-order valence-electron chi connectivity index (χ4n) is 3.05. The first-order valence-electron chi connectivity index (χ1n) is 11.4. The van der Waals surface area contributed by atoms with E-state index in [9.17, 15) is 9.59 Å². The maximum absolute atomic E-state index is 12.4. The van der Waals surface area contributed by atoms with Crippen molar-refractivity contribution in [1.82, 2.24) is 0 Å². The van der Waals surface area contributed by atoms with Gasteiger partial charge in [-0.05, 0) is 31.2 Å². The van der Waals surface area contributed by atoms with Crippen LogP contribution in [-0.2, 0) is 24.3 Å². The molecule has 0 atom stereocenters. The minimum atomic E-state index is -2.01. The van der Waals surface area contributed by atoms with E-state index >= 15 is 0 Å². The quantitative estimate of drug-likeness (QED) is 0.190. The van der Waals surface area contributed by atoms with Crippen LogP contribution in [0.5, 0.6) is 0 Å². The van der Waals surface area contributed by atoms with Crippen LogP contribution in [0.2, 0.25) is 13.1 Å². The first-order valence-corrected chi connectivity index (χ1v) is 16.7. The standard InChI is InChI=1S/C28H32O7Si2/c1-8-31-21-26(32-34-27(29)22-13-17-24(18-14-22)36(6,9-2)10-3)33-35-28(30)23-15-19-25(20-16-23)37(7,11-4)12-5/h9-20H,1-5,8,21H2,6-7H3. The van der Waals surface area contributed by atoms with Crippen LogP contribution in [0.25, 0.3) is 0 Å². The molecule has 7 nitrogen and oxygen atoms in total. The molecule has 194 valence electrons. The molecule has 0 spiro atoms. The van der Waals surface area contributed by atoms with E-state index in [0.717, 1.165) is 10.4 Å². The number of rotatable bonds is 15. The van der Waals surface area contributed by atoms with Crippen molar-refractivity contribution in [3.8, 4) is 0 Å². The third-order valence-electron chi connectivity index (χ3n) is 5.97. The fraction of sp³-hybridized carbons (Fsp3) is 0.143. The topological polar surface area (TPSA) is 80.3 Å². The highest BCUT2D eigenvalue weighted by atomic mass is 28.3. The van der Waals surface area contributed by atoms with Crippen LogP contribution < -0.4 is 10.4 Å². The molecular weight excluding hydrogens is 504 g/mol.